The van der Waals surface area contributed by atoms with Crippen molar-refractivity contribution in [2.24, 2.45) is 5.10 Å². The first-order chi connectivity index (χ1) is 15.5. The van der Waals surface area contributed by atoms with E-state index < -0.39 is 0 Å². The second kappa shape index (κ2) is 9.88. The summed E-state index contributed by atoms with van der Waals surface area (Å²) < 4.78 is 15.6. The zero-order chi connectivity index (χ0) is 22.5. The van der Waals surface area contributed by atoms with Crippen LogP contribution in [0.15, 0.2) is 92.3 Å². The lowest BCUT2D eigenvalue weighted by Crippen LogP contribution is -2.24. The van der Waals surface area contributed by atoms with Crippen molar-refractivity contribution in [1.82, 2.24) is 15.0 Å². The predicted molar refractivity (Wildman–Crippen MR) is 128 cm³/mol. The number of aromatic nitrogens is 2. The summed E-state index contributed by atoms with van der Waals surface area (Å²) in [5.41, 5.74) is 3.91. The van der Waals surface area contributed by atoms with E-state index in [1.165, 1.54) is 22.9 Å². The first-order valence-electron chi connectivity index (χ1n) is 9.49. The molecule has 0 aliphatic carbocycles. The van der Waals surface area contributed by atoms with Gasteiger partial charge >= 0.3 is 0 Å². The van der Waals surface area contributed by atoms with Crippen LogP contribution in [0.1, 0.15) is 5.56 Å². The first-order valence-corrected chi connectivity index (χ1v) is 11.3. The molecule has 0 fully saturated rings. The lowest BCUT2D eigenvalue weighted by atomic mass is 10.2. The van der Waals surface area contributed by atoms with Gasteiger partial charge in [0.1, 0.15) is 5.82 Å². The first kappa shape index (κ1) is 21.9. The quantitative estimate of drug-likeness (QED) is 0.179. The van der Waals surface area contributed by atoms with Gasteiger partial charge in [0, 0.05) is 4.47 Å². The van der Waals surface area contributed by atoms with Gasteiger partial charge in [0.05, 0.1) is 28.6 Å². The Morgan fingerprint density at radius 1 is 1.12 bits per heavy atom. The maximum atomic E-state index is 13.2. The van der Waals surface area contributed by atoms with Crippen LogP contribution in [-0.2, 0) is 4.79 Å². The van der Waals surface area contributed by atoms with Gasteiger partial charge in [-0.2, -0.15) is 5.10 Å². The molecule has 0 radical (unpaired) electrons. The lowest BCUT2D eigenvalue weighted by Gasteiger charge is -2.13. The van der Waals surface area contributed by atoms with Crippen LogP contribution in [0.5, 0.6) is 0 Å². The molecule has 0 unspecified atom stereocenters. The number of para-hydroxylation sites is 1. The second-order valence-corrected chi connectivity index (χ2v) is 8.52. The number of fused-ring (bicyclic) bond motifs is 1. The number of halogens is 2. The van der Waals surface area contributed by atoms with Crippen molar-refractivity contribution in [3.05, 3.63) is 99.0 Å². The summed E-state index contributed by atoms with van der Waals surface area (Å²) in [7, 11) is 0. The summed E-state index contributed by atoms with van der Waals surface area (Å²) in [5, 5.41) is 4.73. The zero-order valence-corrected chi connectivity index (χ0v) is 18.9. The van der Waals surface area contributed by atoms with Crippen molar-refractivity contribution in [2.45, 2.75) is 5.16 Å². The van der Waals surface area contributed by atoms with Crippen molar-refractivity contribution in [3.63, 3.8) is 0 Å². The van der Waals surface area contributed by atoms with E-state index in [9.17, 15) is 14.0 Å². The second-order valence-electron chi connectivity index (χ2n) is 6.67. The Balaban J connectivity index is 1.56. The third-order valence-electron chi connectivity index (χ3n) is 4.41. The summed E-state index contributed by atoms with van der Waals surface area (Å²) in [6.45, 7) is 0. The average molecular weight is 511 g/mol. The Morgan fingerprint density at radius 3 is 2.69 bits per heavy atom. The van der Waals surface area contributed by atoms with Gasteiger partial charge in [0.2, 0.25) is 0 Å². The number of hydrogen-bond donors (Lipinski definition) is 1. The number of nitrogens with zero attached hydrogens (tertiary/aromatic N) is 3. The number of carbonyl (C=O) groups excluding carboxylic acids is 1. The fourth-order valence-corrected chi connectivity index (χ4v) is 4.02. The van der Waals surface area contributed by atoms with E-state index in [0.717, 1.165) is 16.2 Å². The van der Waals surface area contributed by atoms with Crippen LogP contribution in [0.2, 0.25) is 0 Å². The number of amides is 1. The van der Waals surface area contributed by atoms with Crippen molar-refractivity contribution in [2.75, 3.05) is 5.75 Å². The van der Waals surface area contributed by atoms with Crippen LogP contribution >= 0.6 is 27.7 Å². The molecule has 0 spiro atoms. The molecule has 0 aliphatic rings. The highest BCUT2D eigenvalue weighted by molar-refractivity contribution is 9.10. The van der Waals surface area contributed by atoms with Gasteiger partial charge in [-0.15, -0.1) is 0 Å². The summed E-state index contributed by atoms with van der Waals surface area (Å²) in [6, 6.07) is 20.2. The molecule has 0 bridgehead atoms. The van der Waals surface area contributed by atoms with Gasteiger partial charge in [-0.1, -0.05) is 52.0 Å². The number of hydrazone groups is 1. The van der Waals surface area contributed by atoms with Gasteiger partial charge in [0.15, 0.2) is 5.16 Å². The van der Waals surface area contributed by atoms with Gasteiger partial charge in [-0.25, -0.2) is 14.8 Å². The highest BCUT2D eigenvalue weighted by Crippen LogP contribution is 2.22. The summed E-state index contributed by atoms with van der Waals surface area (Å²) in [4.78, 5) is 30.1. The van der Waals surface area contributed by atoms with Gasteiger partial charge in [-0.05, 0) is 54.1 Å². The Hall–Kier alpha value is -3.30. The Labute approximate surface area is 195 Å². The molecule has 0 aliphatic heterocycles. The average Bonchev–Trinajstić information content (AvgIpc) is 2.79. The number of thioether (sulfide) groups is 1. The SMILES string of the molecule is O=C(CSc1nc2ccccc2c(=O)n1-c1ccc(Br)cc1)NN=Cc1cccc(F)c1. The molecule has 1 heterocycles. The predicted octanol–water partition coefficient (Wildman–Crippen LogP) is 4.53. The van der Waals surface area contributed by atoms with E-state index in [0.29, 0.717) is 27.3 Å². The van der Waals surface area contributed by atoms with Crippen LogP contribution in [0.3, 0.4) is 0 Å². The molecule has 0 saturated carbocycles. The third-order valence-corrected chi connectivity index (χ3v) is 5.88. The molecule has 1 amide bonds. The molecule has 9 heteroatoms. The minimum absolute atomic E-state index is 0.0121. The van der Waals surface area contributed by atoms with Gasteiger partial charge < -0.3 is 0 Å². The van der Waals surface area contributed by atoms with E-state index in [1.807, 2.05) is 12.1 Å². The van der Waals surface area contributed by atoms with E-state index in [2.05, 4.69) is 31.4 Å². The maximum Gasteiger partial charge on any atom is 0.266 e. The monoisotopic (exact) mass is 510 g/mol. The molecule has 4 rings (SSSR count). The van der Waals surface area contributed by atoms with Crippen LogP contribution in [0, 0.1) is 5.82 Å². The van der Waals surface area contributed by atoms with E-state index in [4.69, 9.17) is 0 Å². The van der Waals surface area contributed by atoms with E-state index >= 15 is 0 Å². The lowest BCUT2D eigenvalue weighted by molar-refractivity contribution is -0.118. The standard InChI is InChI=1S/C23H16BrFN4O2S/c24-16-8-10-18(11-9-16)29-22(31)19-6-1-2-7-20(19)27-23(29)32-14-21(30)28-26-13-15-4-3-5-17(25)12-15/h1-13H,14H2,(H,28,30). The normalized spacial score (nSPS) is 11.2. The minimum atomic E-state index is -0.385. The number of hydrogen-bond acceptors (Lipinski definition) is 5. The molecule has 32 heavy (non-hydrogen) atoms. The number of carbonyl (C=O) groups is 1. The fraction of sp³-hybridized carbons (Fsp3) is 0.0435. The topological polar surface area (TPSA) is 76.3 Å². The Morgan fingerprint density at radius 2 is 1.91 bits per heavy atom. The molecule has 3 aromatic carbocycles. The number of nitrogens with one attached hydrogen (secondary N) is 1. The molecular weight excluding hydrogens is 495 g/mol. The molecule has 0 atom stereocenters. The maximum absolute atomic E-state index is 13.2. The van der Waals surface area contributed by atoms with Crippen LogP contribution in [0.4, 0.5) is 4.39 Å². The molecule has 160 valence electrons. The molecule has 4 aromatic rings. The Kier molecular flexibility index (Phi) is 6.77. The number of benzene rings is 3. The van der Waals surface area contributed by atoms with Gasteiger partial charge in [-0.3, -0.25) is 14.2 Å². The molecule has 1 N–H and O–H groups in total. The van der Waals surface area contributed by atoms with Crippen molar-refractivity contribution >= 4 is 50.7 Å². The third kappa shape index (κ3) is 5.12. The zero-order valence-electron chi connectivity index (χ0n) is 16.5. The Bertz CT molecular complexity index is 1370. The van der Waals surface area contributed by atoms with E-state index in [-0.39, 0.29) is 23.0 Å². The molecule has 0 saturated heterocycles. The molecule has 1 aromatic heterocycles. The largest absolute Gasteiger partial charge is 0.272 e. The van der Waals surface area contributed by atoms with Gasteiger partial charge in [0.25, 0.3) is 11.5 Å². The molecule has 6 nitrogen and oxygen atoms in total. The number of rotatable bonds is 6. The van der Waals surface area contributed by atoms with Crippen LogP contribution < -0.4 is 11.0 Å². The van der Waals surface area contributed by atoms with Crippen LogP contribution in [-0.4, -0.2) is 27.4 Å². The van der Waals surface area contributed by atoms with Crippen molar-refractivity contribution < 1.29 is 9.18 Å². The van der Waals surface area contributed by atoms with Crippen molar-refractivity contribution in [1.29, 1.82) is 0 Å². The van der Waals surface area contributed by atoms with E-state index in [1.54, 1.807) is 48.5 Å². The summed E-state index contributed by atoms with van der Waals surface area (Å²) >= 11 is 4.52. The smallest absolute Gasteiger partial charge is 0.266 e. The summed E-state index contributed by atoms with van der Waals surface area (Å²) in [6.07, 6.45) is 1.36. The van der Waals surface area contributed by atoms with Crippen LogP contribution in [0.25, 0.3) is 16.6 Å². The van der Waals surface area contributed by atoms with Crippen molar-refractivity contribution in [3.8, 4) is 5.69 Å². The molecular formula is C23H16BrFN4O2S. The highest BCUT2D eigenvalue weighted by atomic mass is 79.9. The minimum Gasteiger partial charge on any atom is -0.272 e. The summed E-state index contributed by atoms with van der Waals surface area (Å²) in [5.74, 6) is -0.779. The fourth-order valence-electron chi connectivity index (χ4n) is 2.96. The highest BCUT2D eigenvalue weighted by Gasteiger charge is 2.14.